The summed E-state index contributed by atoms with van der Waals surface area (Å²) in [5, 5.41) is 1.10. The molecular formula is C27H20Cl2N2O3S. The summed E-state index contributed by atoms with van der Waals surface area (Å²) < 4.78 is 14.0. The molecule has 0 radical (unpaired) electrons. The first-order valence-electron chi connectivity index (χ1n) is 10.8. The van der Waals surface area contributed by atoms with Gasteiger partial charge in [-0.15, -0.1) is 6.58 Å². The van der Waals surface area contributed by atoms with E-state index in [2.05, 4.69) is 11.6 Å². The fourth-order valence-electron chi connectivity index (χ4n) is 3.94. The molecule has 5 aromatic rings. The number of imidazole rings is 1. The Labute approximate surface area is 215 Å². The standard InChI is InChI=1S/C27H20Cl2N2O3S/c1-3-6-17-11-16(12-23(33-2)25(17)34-15-18-9-10-19(28)14-20(18)29)13-24-26(32)31-22-8-5-4-7-21(22)30-27(31)35-24/h3-5,7-14H,1,6,15H2,2H3/b24-13-. The van der Waals surface area contributed by atoms with Gasteiger partial charge in [0.05, 0.1) is 22.7 Å². The van der Waals surface area contributed by atoms with Crippen LogP contribution in [0.2, 0.25) is 10.0 Å². The van der Waals surface area contributed by atoms with Gasteiger partial charge in [0.15, 0.2) is 16.5 Å². The Kier molecular flexibility index (Phi) is 6.52. The van der Waals surface area contributed by atoms with Gasteiger partial charge >= 0.3 is 0 Å². The Morgan fingerprint density at radius 3 is 2.71 bits per heavy atom. The molecule has 0 saturated carbocycles. The molecule has 35 heavy (non-hydrogen) atoms. The van der Waals surface area contributed by atoms with Gasteiger partial charge in [0.25, 0.3) is 5.56 Å². The average Bonchev–Trinajstić information content (AvgIpc) is 3.35. The van der Waals surface area contributed by atoms with Crippen molar-refractivity contribution in [3.8, 4) is 11.5 Å². The van der Waals surface area contributed by atoms with Gasteiger partial charge in [0.2, 0.25) is 0 Å². The van der Waals surface area contributed by atoms with Crippen LogP contribution in [0.15, 0.2) is 72.0 Å². The van der Waals surface area contributed by atoms with E-state index < -0.39 is 0 Å². The molecule has 5 rings (SSSR count). The van der Waals surface area contributed by atoms with Crippen LogP contribution in [-0.2, 0) is 13.0 Å². The molecule has 0 aliphatic heterocycles. The first kappa shape index (κ1) is 23.4. The van der Waals surface area contributed by atoms with Crippen molar-refractivity contribution in [1.29, 1.82) is 0 Å². The fraction of sp³-hybridized carbons (Fsp3) is 0.111. The second-order valence-corrected chi connectivity index (χ2v) is 9.72. The lowest BCUT2D eigenvalue weighted by Crippen LogP contribution is -2.22. The van der Waals surface area contributed by atoms with Crippen LogP contribution in [0, 0.1) is 0 Å². The van der Waals surface area contributed by atoms with E-state index >= 15 is 0 Å². The van der Waals surface area contributed by atoms with E-state index in [9.17, 15) is 4.79 Å². The van der Waals surface area contributed by atoms with Gasteiger partial charge in [0.1, 0.15) is 6.61 Å². The average molecular weight is 523 g/mol. The Morgan fingerprint density at radius 1 is 1.11 bits per heavy atom. The zero-order chi connectivity index (χ0) is 24.5. The van der Waals surface area contributed by atoms with Crippen molar-refractivity contribution in [1.82, 2.24) is 9.38 Å². The van der Waals surface area contributed by atoms with E-state index in [1.165, 1.54) is 11.3 Å². The number of hydrogen-bond acceptors (Lipinski definition) is 5. The number of thiazole rings is 1. The van der Waals surface area contributed by atoms with Crippen molar-refractivity contribution in [2.24, 2.45) is 0 Å². The van der Waals surface area contributed by atoms with E-state index in [0.29, 0.717) is 37.5 Å². The normalized spacial score (nSPS) is 11.9. The summed E-state index contributed by atoms with van der Waals surface area (Å²) in [6, 6.07) is 16.7. The van der Waals surface area contributed by atoms with Gasteiger partial charge in [-0.2, -0.15) is 0 Å². The maximum atomic E-state index is 13.2. The molecule has 0 bridgehead atoms. The van der Waals surface area contributed by atoms with Gasteiger partial charge in [-0.3, -0.25) is 4.79 Å². The maximum absolute atomic E-state index is 13.2. The van der Waals surface area contributed by atoms with E-state index in [1.807, 2.05) is 48.5 Å². The van der Waals surface area contributed by atoms with Crippen molar-refractivity contribution in [2.75, 3.05) is 7.11 Å². The molecule has 0 aliphatic rings. The first-order chi connectivity index (χ1) is 17.0. The highest BCUT2D eigenvalue weighted by molar-refractivity contribution is 7.15. The zero-order valence-corrected chi connectivity index (χ0v) is 21.1. The van der Waals surface area contributed by atoms with Gasteiger partial charge < -0.3 is 9.47 Å². The third-order valence-corrected chi connectivity index (χ3v) is 7.12. The predicted octanol–water partition coefficient (Wildman–Crippen LogP) is 6.08. The zero-order valence-electron chi connectivity index (χ0n) is 18.8. The summed E-state index contributed by atoms with van der Waals surface area (Å²) in [4.78, 5) is 18.4. The van der Waals surface area contributed by atoms with Gasteiger partial charge in [-0.05, 0) is 54.5 Å². The predicted molar refractivity (Wildman–Crippen MR) is 143 cm³/mol. The number of fused-ring (bicyclic) bond motifs is 3. The Balaban J connectivity index is 1.56. The molecule has 0 saturated heterocycles. The van der Waals surface area contributed by atoms with E-state index in [4.69, 9.17) is 32.7 Å². The van der Waals surface area contributed by atoms with Gasteiger partial charge in [-0.1, -0.05) is 58.8 Å². The van der Waals surface area contributed by atoms with Crippen LogP contribution in [-0.4, -0.2) is 16.5 Å². The molecule has 0 N–H and O–H groups in total. The Hall–Kier alpha value is -3.32. The number of hydrogen-bond donors (Lipinski definition) is 0. The molecule has 0 fully saturated rings. The molecule has 0 aliphatic carbocycles. The molecule has 2 heterocycles. The van der Waals surface area contributed by atoms with Crippen LogP contribution in [0.25, 0.3) is 22.1 Å². The molecule has 2 aromatic heterocycles. The minimum Gasteiger partial charge on any atom is -0.493 e. The highest BCUT2D eigenvalue weighted by atomic mass is 35.5. The number of rotatable bonds is 7. The van der Waals surface area contributed by atoms with Gasteiger partial charge in [-0.25, -0.2) is 9.38 Å². The summed E-state index contributed by atoms with van der Waals surface area (Å²) in [6.45, 7) is 4.12. The SMILES string of the molecule is C=CCc1cc(/C=c2\sc3nc4ccccc4n3c2=O)cc(OC)c1OCc1ccc(Cl)cc1Cl. The molecule has 0 spiro atoms. The number of allylic oxidation sites excluding steroid dienone is 1. The number of aromatic nitrogens is 2. The van der Waals surface area contributed by atoms with Crippen LogP contribution in [0.1, 0.15) is 16.7 Å². The molecule has 0 unspecified atom stereocenters. The van der Waals surface area contributed by atoms with Crippen molar-refractivity contribution in [2.45, 2.75) is 13.0 Å². The minimum absolute atomic E-state index is 0.0966. The van der Waals surface area contributed by atoms with E-state index in [-0.39, 0.29) is 12.2 Å². The van der Waals surface area contributed by atoms with Crippen LogP contribution >= 0.6 is 34.5 Å². The lowest BCUT2D eigenvalue weighted by atomic mass is 10.1. The van der Waals surface area contributed by atoms with Crippen LogP contribution < -0.4 is 19.6 Å². The maximum Gasteiger partial charge on any atom is 0.274 e. The molecular weight excluding hydrogens is 503 g/mol. The molecule has 176 valence electrons. The van der Waals surface area contributed by atoms with Crippen LogP contribution in [0.3, 0.4) is 0 Å². The molecule has 0 amide bonds. The van der Waals surface area contributed by atoms with Crippen molar-refractivity contribution >= 4 is 56.6 Å². The summed E-state index contributed by atoms with van der Waals surface area (Å²) in [5.74, 6) is 1.16. The summed E-state index contributed by atoms with van der Waals surface area (Å²) in [6.07, 6.45) is 4.21. The highest BCUT2D eigenvalue weighted by Crippen LogP contribution is 2.35. The van der Waals surface area contributed by atoms with Crippen molar-refractivity contribution in [3.05, 3.63) is 109 Å². The number of benzene rings is 3. The van der Waals surface area contributed by atoms with E-state index in [1.54, 1.807) is 29.7 Å². The number of methoxy groups -OCH3 is 1. The quantitative estimate of drug-likeness (QED) is 0.243. The lowest BCUT2D eigenvalue weighted by molar-refractivity contribution is 0.282. The number of para-hydroxylation sites is 2. The first-order valence-corrected chi connectivity index (χ1v) is 12.4. The largest absolute Gasteiger partial charge is 0.493 e. The summed E-state index contributed by atoms with van der Waals surface area (Å²) in [7, 11) is 1.59. The molecule has 3 aromatic carbocycles. The second-order valence-electron chi connectivity index (χ2n) is 7.86. The number of nitrogens with zero attached hydrogens (tertiary/aromatic N) is 2. The van der Waals surface area contributed by atoms with Crippen LogP contribution in [0.4, 0.5) is 0 Å². The van der Waals surface area contributed by atoms with Gasteiger partial charge in [0, 0.05) is 21.2 Å². The fourth-order valence-corrected chi connectivity index (χ4v) is 5.39. The third-order valence-electron chi connectivity index (χ3n) is 5.57. The van der Waals surface area contributed by atoms with Crippen LogP contribution in [0.5, 0.6) is 11.5 Å². The lowest BCUT2D eigenvalue weighted by Gasteiger charge is -2.16. The monoisotopic (exact) mass is 522 g/mol. The van der Waals surface area contributed by atoms with E-state index in [0.717, 1.165) is 27.7 Å². The Bertz CT molecular complexity index is 1690. The van der Waals surface area contributed by atoms with Crippen molar-refractivity contribution < 1.29 is 9.47 Å². The molecule has 5 nitrogen and oxygen atoms in total. The van der Waals surface area contributed by atoms with Crippen molar-refractivity contribution in [3.63, 3.8) is 0 Å². The second kappa shape index (κ2) is 9.74. The highest BCUT2D eigenvalue weighted by Gasteiger charge is 2.15. The smallest absolute Gasteiger partial charge is 0.274 e. The third kappa shape index (κ3) is 4.52. The minimum atomic E-state index is -0.0966. The molecule has 8 heteroatoms. The summed E-state index contributed by atoms with van der Waals surface area (Å²) >= 11 is 13.7. The Morgan fingerprint density at radius 2 is 1.94 bits per heavy atom. The summed E-state index contributed by atoms with van der Waals surface area (Å²) in [5.41, 5.74) is 4.03. The molecule has 0 atom stereocenters. The number of ether oxygens (including phenoxy) is 2. The number of halogens is 2. The topological polar surface area (TPSA) is 52.8 Å².